The molecule has 0 heterocycles. The molecule has 0 aromatic heterocycles. The van der Waals surface area contributed by atoms with Gasteiger partial charge in [0.05, 0.1) is 5.69 Å². The van der Waals surface area contributed by atoms with Crippen LogP contribution in [0, 0.1) is 22.9 Å². The van der Waals surface area contributed by atoms with E-state index in [1.807, 2.05) is 13.8 Å². The molecule has 20 heavy (non-hydrogen) atoms. The van der Waals surface area contributed by atoms with Crippen LogP contribution in [0.1, 0.15) is 20.3 Å². The van der Waals surface area contributed by atoms with Crippen LogP contribution in [0.4, 0.5) is 23.7 Å². The summed E-state index contributed by atoms with van der Waals surface area (Å²) >= 11 is 0. The molecule has 112 valence electrons. The highest BCUT2D eigenvalue weighted by Crippen LogP contribution is 2.20. The van der Waals surface area contributed by atoms with Gasteiger partial charge in [-0.05, 0) is 24.0 Å². The molecular formula is C13H17F3N2O2. The van der Waals surface area contributed by atoms with E-state index in [-0.39, 0.29) is 18.6 Å². The zero-order valence-corrected chi connectivity index (χ0v) is 11.3. The Balaban J connectivity index is 2.62. The molecule has 0 saturated carbocycles. The third-order valence-electron chi connectivity index (χ3n) is 2.80. The van der Waals surface area contributed by atoms with E-state index in [4.69, 9.17) is 5.11 Å². The molecule has 1 rings (SSSR count). The first kappa shape index (κ1) is 16.3. The number of anilines is 1. The van der Waals surface area contributed by atoms with Gasteiger partial charge >= 0.3 is 6.03 Å². The van der Waals surface area contributed by atoms with Gasteiger partial charge < -0.3 is 15.7 Å². The molecule has 0 aliphatic rings. The fourth-order valence-corrected chi connectivity index (χ4v) is 1.50. The number of benzene rings is 1. The quantitative estimate of drug-likeness (QED) is 0.730. The molecule has 0 bridgehead atoms. The van der Waals surface area contributed by atoms with Gasteiger partial charge in [0.2, 0.25) is 0 Å². The van der Waals surface area contributed by atoms with Crippen molar-refractivity contribution in [2.45, 2.75) is 20.3 Å². The van der Waals surface area contributed by atoms with Crippen molar-refractivity contribution in [2.24, 2.45) is 5.41 Å². The summed E-state index contributed by atoms with van der Waals surface area (Å²) in [6.45, 7) is 3.89. The number of amides is 2. The van der Waals surface area contributed by atoms with E-state index in [9.17, 15) is 18.0 Å². The van der Waals surface area contributed by atoms with Crippen molar-refractivity contribution in [1.82, 2.24) is 5.32 Å². The summed E-state index contributed by atoms with van der Waals surface area (Å²) in [6, 6.07) is 0.927. The summed E-state index contributed by atoms with van der Waals surface area (Å²) in [5.74, 6) is -4.41. The minimum Gasteiger partial charge on any atom is -0.396 e. The Morgan fingerprint density at radius 2 is 1.90 bits per heavy atom. The summed E-state index contributed by atoms with van der Waals surface area (Å²) in [6.07, 6.45) is 0.479. The van der Waals surface area contributed by atoms with E-state index in [2.05, 4.69) is 10.6 Å². The predicted octanol–water partition coefficient (Wildman–Crippen LogP) is 2.63. The van der Waals surface area contributed by atoms with Crippen LogP contribution < -0.4 is 10.6 Å². The highest BCUT2D eigenvalue weighted by atomic mass is 19.2. The van der Waals surface area contributed by atoms with E-state index in [0.717, 1.165) is 12.1 Å². The zero-order valence-electron chi connectivity index (χ0n) is 11.3. The number of hydrogen-bond acceptors (Lipinski definition) is 2. The van der Waals surface area contributed by atoms with Crippen LogP contribution in [0.15, 0.2) is 12.1 Å². The maximum atomic E-state index is 13.3. The Kier molecular flexibility index (Phi) is 5.38. The van der Waals surface area contributed by atoms with E-state index >= 15 is 0 Å². The van der Waals surface area contributed by atoms with Crippen LogP contribution in [-0.4, -0.2) is 24.3 Å². The molecule has 1 aromatic rings. The van der Waals surface area contributed by atoms with Gasteiger partial charge in [-0.2, -0.15) is 0 Å². The lowest BCUT2D eigenvalue weighted by Gasteiger charge is -2.23. The van der Waals surface area contributed by atoms with Crippen LogP contribution in [0.3, 0.4) is 0 Å². The molecular weight excluding hydrogens is 273 g/mol. The molecule has 0 radical (unpaired) electrons. The standard InChI is InChI=1S/C13H17F3N2O2/c1-13(2,5-6-19)7-17-12(20)18-9-4-3-8(14)10(15)11(9)16/h3-4,19H,5-7H2,1-2H3,(H2,17,18,20). The number of carbonyl (C=O) groups excluding carboxylic acids is 1. The zero-order chi connectivity index (χ0) is 15.3. The number of aliphatic hydroxyl groups excluding tert-OH is 1. The molecule has 4 nitrogen and oxygen atoms in total. The van der Waals surface area contributed by atoms with Crippen molar-refractivity contribution in [3.63, 3.8) is 0 Å². The van der Waals surface area contributed by atoms with Crippen molar-refractivity contribution in [1.29, 1.82) is 0 Å². The third-order valence-corrected chi connectivity index (χ3v) is 2.80. The van der Waals surface area contributed by atoms with Gasteiger partial charge in [-0.1, -0.05) is 13.8 Å². The maximum absolute atomic E-state index is 13.3. The van der Waals surface area contributed by atoms with Crippen LogP contribution >= 0.6 is 0 Å². The number of halogens is 3. The van der Waals surface area contributed by atoms with Gasteiger partial charge in [0.15, 0.2) is 17.5 Å². The fraction of sp³-hybridized carbons (Fsp3) is 0.462. The van der Waals surface area contributed by atoms with Crippen LogP contribution in [0.5, 0.6) is 0 Å². The number of nitrogens with one attached hydrogen (secondary N) is 2. The number of aliphatic hydroxyl groups is 1. The number of hydrogen-bond donors (Lipinski definition) is 3. The Bertz CT molecular complexity index is 493. The first-order chi connectivity index (χ1) is 9.26. The van der Waals surface area contributed by atoms with E-state index in [0.29, 0.717) is 6.42 Å². The van der Waals surface area contributed by atoms with Crippen LogP contribution in [0.2, 0.25) is 0 Å². The first-order valence-corrected chi connectivity index (χ1v) is 6.06. The molecule has 0 atom stereocenters. The second-order valence-electron chi connectivity index (χ2n) is 5.17. The van der Waals surface area contributed by atoms with Crippen molar-refractivity contribution < 1.29 is 23.1 Å². The molecule has 7 heteroatoms. The lowest BCUT2D eigenvalue weighted by Crippen LogP contribution is -2.37. The lowest BCUT2D eigenvalue weighted by atomic mass is 9.90. The van der Waals surface area contributed by atoms with Crippen LogP contribution in [-0.2, 0) is 0 Å². The Morgan fingerprint density at radius 1 is 1.25 bits per heavy atom. The molecule has 0 saturated heterocycles. The van der Waals surface area contributed by atoms with Gasteiger partial charge in [-0.25, -0.2) is 18.0 Å². The third kappa shape index (κ3) is 4.41. The summed E-state index contributed by atoms with van der Waals surface area (Å²) < 4.78 is 39.0. The minimum atomic E-state index is -1.64. The van der Waals surface area contributed by atoms with E-state index in [1.165, 1.54) is 0 Å². The highest BCUT2D eigenvalue weighted by Gasteiger charge is 2.19. The summed E-state index contributed by atoms with van der Waals surface area (Å²) in [5.41, 5.74) is -0.778. The molecule has 0 fully saturated rings. The normalized spacial score (nSPS) is 11.3. The van der Waals surface area contributed by atoms with Gasteiger partial charge in [0, 0.05) is 13.2 Å². The molecule has 0 aliphatic carbocycles. The van der Waals surface area contributed by atoms with E-state index in [1.54, 1.807) is 0 Å². The Labute approximate surface area is 115 Å². The SMILES string of the molecule is CC(C)(CCO)CNC(=O)Nc1ccc(F)c(F)c1F. The predicted molar refractivity (Wildman–Crippen MR) is 68.8 cm³/mol. The van der Waals surface area contributed by atoms with Crippen LogP contribution in [0.25, 0.3) is 0 Å². The van der Waals surface area contributed by atoms with Crippen molar-refractivity contribution in [3.8, 4) is 0 Å². The van der Waals surface area contributed by atoms with Crippen molar-refractivity contribution in [3.05, 3.63) is 29.6 Å². The van der Waals surface area contributed by atoms with Gasteiger partial charge in [0.25, 0.3) is 0 Å². The molecule has 0 aliphatic heterocycles. The molecule has 3 N–H and O–H groups in total. The summed E-state index contributed by atoms with van der Waals surface area (Å²) in [4.78, 5) is 11.5. The minimum absolute atomic E-state index is 0.0197. The first-order valence-electron chi connectivity index (χ1n) is 6.06. The number of carbonyl (C=O) groups is 1. The second kappa shape index (κ2) is 6.60. The molecule has 2 amide bonds. The molecule has 0 unspecified atom stereocenters. The molecule has 1 aromatic carbocycles. The smallest absolute Gasteiger partial charge is 0.319 e. The molecule has 0 spiro atoms. The highest BCUT2D eigenvalue weighted by molar-refractivity contribution is 5.89. The van der Waals surface area contributed by atoms with E-state index < -0.39 is 29.2 Å². The Morgan fingerprint density at radius 3 is 2.50 bits per heavy atom. The second-order valence-corrected chi connectivity index (χ2v) is 5.17. The maximum Gasteiger partial charge on any atom is 0.319 e. The topological polar surface area (TPSA) is 61.4 Å². The number of rotatable bonds is 5. The largest absolute Gasteiger partial charge is 0.396 e. The van der Waals surface area contributed by atoms with Crippen molar-refractivity contribution >= 4 is 11.7 Å². The van der Waals surface area contributed by atoms with Crippen molar-refractivity contribution in [2.75, 3.05) is 18.5 Å². The van der Waals surface area contributed by atoms with Gasteiger partial charge in [0.1, 0.15) is 0 Å². The summed E-state index contributed by atoms with van der Waals surface area (Å²) in [5, 5.41) is 13.4. The monoisotopic (exact) mass is 290 g/mol. The average Bonchev–Trinajstić information content (AvgIpc) is 2.37. The fourth-order valence-electron chi connectivity index (χ4n) is 1.50. The lowest BCUT2D eigenvalue weighted by molar-refractivity contribution is 0.204. The Hall–Kier alpha value is -1.76. The summed E-state index contributed by atoms with van der Waals surface area (Å²) in [7, 11) is 0. The van der Waals surface area contributed by atoms with Gasteiger partial charge in [-0.3, -0.25) is 0 Å². The van der Waals surface area contributed by atoms with Gasteiger partial charge in [-0.15, -0.1) is 0 Å². The average molecular weight is 290 g/mol. The number of urea groups is 1.